The first kappa shape index (κ1) is 9.59. The van der Waals surface area contributed by atoms with Gasteiger partial charge in [-0.2, -0.15) is 0 Å². The van der Waals surface area contributed by atoms with Gasteiger partial charge in [-0.1, -0.05) is 35.0 Å². The summed E-state index contributed by atoms with van der Waals surface area (Å²) in [7, 11) is 0. The van der Waals surface area contributed by atoms with E-state index in [0.29, 0.717) is 0 Å². The van der Waals surface area contributed by atoms with Crippen LogP contribution >= 0.6 is 15.9 Å². The molecule has 0 bridgehead atoms. The average Bonchev–Trinajstić information content (AvgIpc) is 2.70. The van der Waals surface area contributed by atoms with Gasteiger partial charge in [0.25, 0.3) is 6.29 Å². The molecule has 0 aliphatic carbocycles. The largest absolute Gasteiger partial charge is 0.455 e. The van der Waals surface area contributed by atoms with Crippen molar-refractivity contribution < 1.29 is 9.47 Å². The maximum Gasteiger partial charge on any atom is 0.267 e. The van der Waals surface area contributed by atoms with Gasteiger partial charge in [-0.15, -0.1) is 0 Å². The number of hydrogen-bond donors (Lipinski definition) is 0. The molecule has 0 N–H and O–H groups in total. The summed E-state index contributed by atoms with van der Waals surface area (Å²) in [6.07, 6.45) is 3.86. The molecule has 3 heteroatoms. The Bertz CT molecular complexity index is 352. The second kappa shape index (κ2) is 4.05. The van der Waals surface area contributed by atoms with Crippen LogP contribution in [-0.4, -0.2) is 0 Å². The van der Waals surface area contributed by atoms with E-state index in [-0.39, 0.29) is 6.29 Å². The highest BCUT2D eigenvalue weighted by molar-refractivity contribution is 9.10. The number of ether oxygens (including phenoxy) is 2. The van der Waals surface area contributed by atoms with Crippen molar-refractivity contribution in [3.8, 4) is 0 Å². The normalized spacial score (nSPS) is 15.3. The molecule has 1 aromatic rings. The molecule has 0 radical (unpaired) electrons. The summed E-state index contributed by atoms with van der Waals surface area (Å²) in [4.78, 5) is 0. The Kier molecular flexibility index (Phi) is 2.77. The lowest BCUT2D eigenvalue weighted by Crippen LogP contribution is -1.99. The SMILES string of the molecule is CCc1ccc(C2OC=CO2)c(Br)c1. The number of halogens is 1. The molecular weight excluding hydrogens is 244 g/mol. The van der Waals surface area contributed by atoms with E-state index in [1.807, 2.05) is 6.07 Å². The second-order valence-electron chi connectivity index (χ2n) is 3.09. The van der Waals surface area contributed by atoms with Crippen LogP contribution in [0.2, 0.25) is 0 Å². The van der Waals surface area contributed by atoms with Crippen LogP contribution in [-0.2, 0) is 15.9 Å². The van der Waals surface area contributed by atoms with Crippen LogP contribution in [0.15, 0.2) is 35.2 Å². The maximum atomic E-state index is 5.26. The average molecular weight is 255 g/mol. The van der Waals surface area contributed by atoms with Crippen molar-refractivity contribution in [2.24, 2.45) is 0 Å². The van der Waals surface area contributed by atoms with Gasteiger partial charge in [0.15, 0.2) is 0 Å². The van der Waals surface area contributed by atoms with Gasteiger partial charge in [0.1, 0.15) is 12.5 Å². The Morgan fingerprint density at radius 2 is 2.00 bits per heavy atom. The zero-order valence-corrected chi connectivity index (χ0v) is 9.45. The first-order valence-electron chi connectivity index (χ1n) is 4.55. The van der Waals surface area contributed by atoms with E-state index in [9.17, 15) is 0 Å². The summed E-state index contributed by atoms with van der Waals surface area (Å²) >= 11 is 3.51. The van der Waals surface area contributed by atoms with Gasteiger partial charge in [-0.25, -0.2) is 0 Å². The van der Waals surface area contributed by atoms with Crippen LogP contribution < -0.4 is 0 Å². The van der Waals surface area contributed by atoms with Crippen LogP contribution in [0.25, 0.3) is 0 Å². The van der Waals surface area contributed by atoms with Crippen LogP contribution in [0, 0.1) is 0 Å². The van der Waals surface area contributed by atoms with Crippen molar-refractivity contribution in [2.75, 3.05) is 0 Å². The minimum Gasteiger partial charge on any atom is -0.455 e. The predicted molar refractivity (Wildman–Crippen MR) is 57.6 cm³/mol. The molecule has 0 spiro atoms. The van der Waals surface area contributed by atoms with Gasteiger partial charge >= 0.3 is 0 Å². The van der Waals surface area contributed by atoms with Crippen molar-refractivity contribution in [1.82, 2.24) is 0 Å². The van der Waals surface area contributed by atoms with Crippen molar-refractivity contribution >= 4 is 15.9 Å². The third-order valence-electron chi connectivity index (χ3n) is 2.19. The monoisotopic (exact) mass is 254 g/mol. The molecule has 0 unspecified atom stereocenters. The zero-order valence-electron chi connectivity index (χ0n) is 7.87. The van der Waals surface area contributed by atoms with Gasteiger partial charge in [0.05, 0.1) is 0 Å². The lowest BCUT2D eigenvalue weighted by Gasteiger charge is -2.12. The second-order valence-corrected chi connectivity index (χ2v) is 3.94. The highest BCUT2D eigenvalue weighted by atomic mass is 79.9. The summed E-state index contributed by atoms with van der Waals surface area (Å²) in [5.74, 6) is 0. The molecule has 14 heavy (non-hydrogen) atoms. The number of rotatable bonds is 2. The lowest BCUT2D eigenvalue weighted by atomic mass is 10.1. The molecule has 2 nitrogen and oxygen atoms in total. The molecule has 1 heterocycles. The summed E-state index contributed by atoms with van der Waals surface area (Å²) < 4.78 is 11.6. The number of benzene rings is 1. The molecule has 0 amide bonds. The van der Waals surface area contributed by atoms with Gasteiger partial charge in [-0.05, 0) is 18.1 Å². The fraction of sp³-hybridized carbons (Fsp3) is 0.273. The first-order chi connectivity index (χ1) is 6.81. The van der Waals surface area contributed by atoms with Gasteiger partial charge in [0, 0.05) is 10.0 Å². The van der Waals surface area contributed by atoms with Crippen LogP contribution in [0.3, 0.4) is 0 Å². The molecule has 0 aromatic heterocycles. The zero-order chi connectivity index (χ0) is 9.97. The minimum atomic E-state index is -0.296. The fourth-order valence-electron chi connectivity index (χ4n) is 1.37. The van der Waals surface area contributed by atoms with Gasteiger partial charge in [0.2, 0.25) is 0 Å². The summed E-state index contributed by atoms with van der Waals surface area (Å²) in [5, 5.41) is 0. The smallest absolute Gasteiger partial charge is 0.267 e. The van der Waals surface area contributed by atoms with E-state index < -0.39 is 0 Å². The molecule has 74 valence electrons. The van der Waals surface area contributed by atoms with Crippen molar-refractivity contribution in [3.05, 3.63) is 46.3 Å². The van der Waals surface area contributed by atoms with E-state index >= 15 is 0 Å². The molecule has 0 atom stereocenters. The van der Waals surface area contributed by atoms with Crippen molar-refractivity contribution in [1.29, 1.82) is 0 Å². The predicted octanol–water partition coefficient (Wildman–Crippen LogP) is 3.53. The fourth-order valence-corrected chi connectivity index (χ4v) is 1.98. The maximum absolute atomic E-state index is 5.26. The highest BCUT2D eigenvalue weighted by Crippen LogP contribution is 2.30. The van der Waals surface area contributed by atoms with E-state index in [2.05, 4.69) is 35.0 Å². The standard InChI is InChI=1S/C11H11BrO2/c1-2-8-3-4-9(10(12)7-8)11-13-5-6-14-11/h3-7,11H,2H2,1H3. The van der Waals surface area contributed by atoms with Crippen LogP contribution in [0.4, 0.5) is 0 Å². The quantitative estimate of drug-likeness (QED) is 0.804. The Balaban J connectivity index is 2.26. The molecule has 0 fully saturated rings. The van der Waals surface area contributed by atoms with Gasteiger partial charge < -0.3 is 9.47 Å². The van der Waals surface area contributed by atoms with E-state index in [1.165, 1.54) is 5.56 Å². The topological polar surface area (TPSA) is 18.5 Å². The van der Waals surface area contributed by atoms with E-state index in [4.69, 9.17) is 9.47 Å². The Morgan fingerprint density at radius 1 is 1.29 bits per heavy atom. The van der Waals surface area contributed by atoms with Gasteiger partial charge in [-0.3, -0.25) is 0 Å². The lowest BCUT2D eigenvalue weighted by molar-refractivity contribution is -0.0251. The van der Waals surface area contributed by atoms with E-state index in [1.54, 1.807) is 12.5 Å². The molecule has 0 saturated carbocycles. The third-order valence-corrected chi connectivity index (χ3v) is 2.87. The molecule has 1 aromatic carbocycles. The summed E-state index contributed by atoms with van der Waals surface area (Å²) in [5.41, 5.74) is 2.32. The molecular formula is C11H11BrO2. The molecule has 2 rings (SSSR count). The number of aryl methyl sites for hydroxylation is 1. The summed E-state index contributed by atoms with van der Waals surface area (Å²) in [6.45, 7) is 2.13. The Labute approximate surface area is 91.7 Å². The van der Waals surface area contributed by atoms with Crippen LogP contribution in [0.5, 0.6) is 0 Å². The Hall–Kier alpha value is -0.960. The first-order valence-corrected chi connectivity index (χ1v) is 5.35. The van der Waals surface area contributed by atoms with Crippen molar-refractivity contribution in [3.63, 3.8) is 0 Å². The molecule has 0 saturated heterocycles. The van der Waals surface area contributed by atoms with Crippen molar-refractivity contribution in [2.45, 2.75) is 19.6 Å². The highest BCUT2D eigenvalue weighted by Gasteiger charge is 2.18. The summed E-state index contributed by atoms with van der Waals surface area (Å²) in [6, 6.07) is 6.21. The molecule has 1 aliphatic rings. The Morgan fingerprint density at radius 3 is 2.57 bits per heavy atom. The van der Waals surface area contributed by atoms with Crippen LogP contribution in [0.1, 0.15) is 24.3 Å². The molecule has 1 aliphatic heterocycles. The minimum absolute atomic E-state index is 0.296. The third kappa shape index (κ3) is 1.77. The number of hydrogen-bond acceptors (Lipinski definition) is 2. The van der Waals surface area contributed by atoms with E-state index in [0.717, 1.165) is 16.5 Å².